The zero-order valence-corrected chi connectivity index (χ0v) is 5.92. The number of hydrogen-bond acceptors (Lipinski definition) is 4. The lowest BCUT2D eigenvalue weighted by molar-refractivity contribution is -0.0654. The summed E-state index contributed by atoms with van der Waals surface area (Å²) >= 11 is 0. The summed E-state index contributed by atoms with van der Waals surface area (Å²) in [7, 11) is 0. The first-order chi connectivity index (χ1) is 4.88. The van der Waals surface area contributed by atoms with E-state index in [4.69, 9.17) is 10.6 Å². The van der Waals surface area contributed by atoms with Crippen molar-refractivity contribution in [2.75, 3.05) is 26.3 Å². The number of hydrazine groups is 1. The van der Waals surface area contributed by atoms with Gasteiger partial charge in [0.2, 0.25) is 0 Å². The molecule has 2 bridgehead atoms. The molecule has 4 heteroatoms. The number of nitrogens with one attached hydrogen (secondary N) is 1. The molecule has 3 N–H and O–H groups in total. The van der Waals surface area contributed by atoms with Gasteiger partial charge in [-0.2, -0.15) is 0 Å². The Bertz CT molecular complexity index is 108. The number of fused-ring (bicyclic) bond motifs is 2. The van der Waals surface area contributed by atoms with E-state index in [2.05, 4.69) is 5.32 Å². The zero-order chi connectivity index (χ0) is 6.97. The summed E-state index contributed by atoms with van der Waals surface area (Å²) in [5.74, 6) is 5.80. The first kappa shape index (κ1) is 6.54. The van der Waals surface area contributed by atoms with Crippen molar-refractivity contribution < 1.29 is 4.74 Å². The van der Waals surface area contributed by atoms with Crippen molar-refractivity contribution in [3.8, 4) is 0 Å². The van der Waals surface area contributed by atoms with E-state index in [1.807, 2.05) is 5.01 Å². The Morgan fingerprint density at radius 3 is 2.40 bits per heavy atom. The minimum absolute atomic E-state index is 0.396. The van der Waals surface area contributed by atoms with Crippen LogP contribution in [0, 0.1) is 0 Å². The largest absolute Gasteiger partial charge is 0.378 e. The molecule has 2 fully saturated rings. The zero-order valence-electron chi connectivity index (χ0n) is 5.92. The number of piperazine rings is 1. The maximum Gasteiger partial charge on any atom is 0.0649 e. The third-order valence-electron chi connectivity index (χ3n) is 2.22. The quantitative estimate of drug-likeness (QED) is 0.407. The molecule has 0 aliphatic carbocycles. The van der Waals surface area contributed by atoms with Crippen molar-refractivity contribution in [1.29, 1.82) is 0 Å². The van der Waals surface area contributed by atoms with E-state index in [-0.39, 0.29) is 0 Å². The fourth-order valence-electron chi connectivity index (χ4n) is 1.56. The van der Waals surface area contributed by atoms with Gasteiger partial charge in [-0.1, -0.05) is 0 Å². The predicted octanol–water partition coefficient (Wildman–Crippen LogP) is -1.47. The summed E-state index contributed by atoms with van der Waals surface area (Å²) in [5.41, 5.74) is 0. The minimum Gasteiger partial charge on any atom is -0.378 e. The maximum absolute atomic E-state index is 5.80. The average Bonchev–Trinajstić information content (AvgIpc) is 1.86. The fraction of sp³-hybridized carbons (Fsp3) is 1.00. The Balaban J connectivity index is 2.05. The first-order valence-corrected chi connectivity index (χ1v) is 3.69. The van der Waals surface area contributed by atoms with E-state index in [0.717, 1.165) is 26.3 Å². The van der Waals surface area contributed by atoms with Crippen LogP contribution in [0.2, 0.25) is 0 Å². The number of morpholine rings is 1. The van der Waals surface area contributed by atoms with Gasteiger partial charge in [0.05, 0.1) is 25.3 Å². The lowest BCUT2D eigenvalue weighted by Crippen LogP contribution is -2.66. The summed E-state index contributed by atoms with van der Waals surface area (Å²) < 4.78 is 5.35. The number of rotatable bonds is 0. The highest BCUT2D eigenvalue weighted by atomic mass is 16.5. The van der Waals surface area contributed by atoms with E-state index in [1.54, 1.807) is 0 Å². The molecule has 0 spiro atoms. The molecule has 58 valence electrons. The van der Waals surface area contributed by atoms with Gasteiger partial charge in [0, 0.05) is 13.1 Å². The van der Waals surface area contributed by atoms with E-state index < -0.39 is 0 Å². The van der Waals surface area contributed by atoms with E-state index in [0.29, 0.717) is 12.1 Å². The third-order valence-corrected chi connectivity index (χ3v) is 2.22. The molecule has 2 aliphatic heterocycles. The Morgan fingerprint density at radius 2 is 1.90 bits per heavy atom. The standard InChI is InChI=1S/C6H13N3O/c7-9-5-1-8-2-6(9)4-10-3-5/h5-6,8H,1-4,7H2. The second-order valence-corrected chi connectivity index (χ2v) is 2.95. The molecular weight excluding hydrogens is 130 g/mol. The Labute approximate surface area is 60.3 Å². The summed E-state index contributed by atoms with van der Waals surface area (Å²) in [6.07, 6.45) is 0. The number of nitrogens with two attached hydrogens (primary N) is 1. The van der Waals surface area contributed by atoms with Gasteiger partial charge in [-0.05, 0) is 0 Å². The summed E-state index contributed by atoms with van der Waals surface area (Å²) in [4.78, 5) is 0. The van der Waals surface area contributed by atoms with Crippen LogP contribution in [0.15, 0.2) is 0 Å². The van der Waals surface area contributed by atoms with Crippen molar-refractivity contribution in [1.82, 2.24) is 10.3 Å². The molecule has 0 amide bonds. The van der Waals surface area contributed by atoms with Gasteiger partial charge in [0.1, 0.15) is 0 Å². The van der Waals surface area contributed by atoms with Crippen LogP contribution >= 0.6 is 0 Å². The molecule has 0 aromatic rings. The molecule has 10 heavy (non-hydrogen) atoms. The van der Waals surface area contributed by atoms with Crippen LogP contribution in [0.4, 0.5) is 0 Å². The van der Waals surface area contributed by atoms with Crippen molar-refractivity contribution in [2.24, 2.45) is 5.84 Å². The maximum atomic E-state index is 5.80. The minimum atomic E-state index is 0.396. The monoisotopic (exact) mass is 143 g/mol. The number of hydrogen-bond donors (Lipinski definition) is 2. The van der Waals surface area contributed by atoms with E-state index in [1.165, 1.54) is 0 Å². The topological polar surface area (TPSA) is 50.5 Å². The molecule has 0 radical (unpaired) electrons. The molecule has 0 aromatic heterocycles. The lowest BCUT2D eigenvalue weighted by atomic mass is 10.1. The number of ether oxygens (including phenoxy) is 1. The average molecular weight is 143 g/mol. The highest BCUT2D eigenvalue weighted by Gasteiger charge is 2.31. The SMILES string of the molecule is NN1C2CNCC1COC2. The molecular formula is C6H13N3O. The summed E-state index contributed by atoms with van der Waals surface area (Å²) in [6.45, 7) is 3.49. The van der Waals surface area contributed by atoms with Crippen LogP contribution < -0.4 is 11.2 Å². The van der Waals surface area contributed by atoms with Crippen molar-refractivity contribution in [3.05, 3.63) is 0 Å². The van der Waals surface area contributed by atoms with E-state index >= 15 is 0 Å². The van der Waals surface area contributed by atoms with Crippen LogP contribution in [0.1, 0.15) is 0 Å². The molecule has 0 aromatic carbocycles. The van der Waals surface area contributed by atoms with Crippen molar-refractivity contribution in [2.45, 2.75) is 12.1 Å². The van der Waals surface area contributed by atoms with Crippen LogP contribution in [0.25, 0.3) is 0 Å². The van der Waals surface area contributed by atoms with Gasteiger partial charge in [-0.25, -0.2) is 5.01 Å². The number of nitrogens with zero attached hydrogens (tertiary/aromatic N) is 1. The molecule has 2 saturated heterocycles. The Kier molecular flexibility index (Phi) is 1.61. The Morgan fingerprint density at radius 1 is 1.30 bits per heavy atom. The van der Waals surface area contributed by atoms with Gasteiger partial charge in [-0.15, -0.1) is 0 Å². The molecule has 2 atom stereocenters. The molecule has 2 aliphatic rings. The van der Waals surface area contributed by atoms with Crippen LogP contribution in [-0.4, -0.2) is 43.4 Å². The van der Waals surface area contributed by atoms with Crippen LogP contribution in [0.5, 0.6) is 0 Å². The molecule has 4 nitrogen and oxygen atoms in total. The normalized spacial score (nSPS) is 41.7. The lowest BCUT2D eigenvalue weighted by Gasteiger charge is -2.42. The van der Waals surface area contributed by atoms with Gasteiger partial charge in [-0.3, -0.25) is 5.84 Å². The summed E-state index contributed by atoms with van der Waals surface area (Å²) in [6, 6.07) is 0.792. The van der Waals surface area contributed by atoms with Gasteiger partial charge < -0.3 is 10.1 Å². The van der Waals surface area contributed by atoms with Gasteiger partial charge in [0.25, 0.3) is 0 Å². The van der Waals surface area contributed by atoms with E-state index in [9.17, 15) is 0 Å². The molecule has 0 saturated carbocycles. The second kappa shape index (κ2) is 2.47. The molecule has 2 unspecified atom stereocenters. The smallest absolute Gasteiger partial charge is 0.0649 e. The van der Waals surface area contributed by atoms with Crippen molar-refractivity contribution in [3.63, 3.8) is 0 Å². The summed E-state index contributed by atoms with van der Waals surface area (Å²) in [5, 5.41) is 5.25. The highest BCUT2D eigenvalue weighted by Crippen LogP contribution is 2.11. The fourth-order valence-corrected chi connectivity index (χ4v) is 1.56. The molecule has 2 rings (SSSR count). The first-order valence-electron chi connectivity index (χ1n) is 3.69. The third kappa shape index (κ3) is 0.932. The van der Waals surface area contributed by atoms with Crippen LogP contribution in [0.3, 0.4) is 0 Å². The van der Waals surface area contributed by atoms with Crippen molar-refractivity contribution >= 4 is 0 Å². The highest BCUT2D eigenvalue weighted by molar-refractivity contribution is 4.86. The van der Waals surface area contributed by atoms with Gasteiger partial charge in [0.15, 0.2) is 0 Å². The second-order valence-electron chi connectivity index (χ2n) is 2.95. The van der Waals surface area contributed by atoms with Gasteiger partial charge >= 0.3 is 0 Å². The Hall–Kier alpha value is -0.160. The van der Waals surface area contributed by atoms with Crippen LogP contribution in [-0.2, 0) is 4.74 Å². The predicted molar refractivity (Wildman–Crippen MR) is 37.3 cm³/mol. The molecule has 2 heterocycles.